The van der Waals surface area contributed by atoms with Crippen molar-refractivity contribution in [1.29, 1.82) is 0 Å². The van der Waals surface area contributed by atoms with Gasteiger partial charge in [-0.25, -0.2) is 12.7 Å². The van der Waals surface area contributed by atoms with Crippen LogP contribution in [-0.4, -0.2) is 61.6 Å². The van der Waals surface area contributed by atoms with Crippen LogP contribution in [0.2, 0.25) is 0 Å². The summed E-state index contributed by atoms with van der Waals surface area (Å²) < 4.78 is 127. The summed E-state index contributed by atoms with van der Waals surface area (Å²) in [4.78, 5) is 0. The van der Waals surface area contributed by atoms with E-state index < -0.39 is 56.1 Å². The van der Waals surface area contributed by atoms with Gasteiger partial charge in [0.25, 0.3) is 14.9 Å². The van der Waals surface area contributed by atoms with E-state index in [0.717, 1.165) is 0 Å². The first-order valence-corrected chi connectivity index (χ1v) is 9.19. The van der Waals surface area contributed by atoms with Gasteiger partial charge in [-0.2, -0.15) is 34.8 Å². The molecule has 0 bridgehead atoms. The number of hydrogen-bond acceptors (Lipinski definition) is 4. The van der Waals surface area contributed by atoms with Gasteiger partial charge in [0, 0.05) is 13.1 Å². The highest BCUT2D eigenvalue weighted by atomic mass is 32.2. The summed E-state index contributed by atoms with van der Waals surface area (Å²) >= 11 is 0. The summed E-state index contributed by atoms with van der Waals surface area (Å²) in [5.74, 6) is -3.05. The van der Waals surface area contributed by atoms with Gasteiger partial charge in [0.1, 0.15) is 5.75 Å². The lowest BCUT2D eigenvalue weighted by Crippen LogP contribution is -2.69. The first kappa shape index (κ1) is 20.4. The summed E-state index contributed by atoms with van der Waals surface area (Å²) in [6, 6.07) is 0. The van der Waals surface area contributed by atoms with Gasteiger partial charge in [-0.3, -0.25) is 4.55 Å². The Morgan fingerprint density at radius 1 is 0.826 bits per heavy atom. The topological polar surface area (TPSA) is 91.7 Å². The number of sulfonamides is 1. The Labute approximate surface area is 128 Å². The second kappa shape index (κ2) is 6.04. The highest BCUT2D eigenvalue weighted by molar-refractivity contribution is 7.93. The van der Waals surface area contributed by atoms with Crippen molar-refractivity contribution < 1.29 is 47.7 Å². The van der Waals surface area contributed by atoms with Gasteiger partial charge >= 0.3 is 12.4 Å². The lowest BCUT2D eigenvalue weighted by Gasteiger charge is -2.40. The Bertz CT molecular complexity index is 618. The summed E-state index contributed by atoms with van der Waals surface area (Å²) in [7, 11) is -12.1. The number of alkyl halides is 6. The number of rotatable bonds is 4. The standard InChI is InChI=1S/C9H13F6NO5S2/c10-8(11,12)7(9(13,14)15,6-22(17,18)19)23(20,21)16-4-2-1-3-5-16/h1-6H2,(H,17,18,19). The van der Waals surface area contributed by atoms with Crippen LogP contribution in [0, 0.1) is 0 Å². The average Bonchev–Trinajstić information content (AvgIpc) is 2.32. The van der Waals surface area contributed by atoms with Gasteiger partial charge in [0.2, 0.25) is 10.0 Å². The maximum atomic E-state index is 13.2. The molecule has 1 heterocycles. The Morgan fingerprint density at radius 3 is 1.52 bits per heavy atom. The van der Waals surface area contributed by atoms with Gasteiger partial charge in [0.05, 0.1) is 0 Å². The summed E-state index contributed by atoms with van der Waals surface area (Å²) in [6.45, 7) is -1.19. The van der Waals surface area contributed by atoms with Gasteiger partial charge in [-0.15, -0.1) is 0 Å². The molecule has 0 aromatic heterocycles. The quantitative estimate of drug-likeness (QED) is 0.578. The summed E-state index contributed by atoms with van der Waals surface area (Å²) in [6.07, 6.45) is -12.5. The lowest BCUT2D eigenvalue weighted by molar-refractivity contribution is -0.261. The largest absolute Gasteiger partial charge is 0.419 e. The first-order valence-electron chi connectivity index (χ1n) is 6.14. The van der Waals surface area contributed by atoms with E-state index in [1.54, 1.807) is 0 Å². The van der Waals surface area contributed by atoms with Crippen molar-refractivity contribution in [2.45, 2.75) is 36.4 Å². The smallest absolute Gasteiger partial charge is 0.285 e. The van der Waals surface area contributed by atoms with Crippen LogP contribution in [0.3, 0.4) is 0 Å². The van der Waals surface area contributed by atoms with Crippen molar-refractivity contribution in [3.05, 3.63) is 0 Å². The SMILES string of the molecule is O=S(=O)(O)CC(C(F)(F)F)(C(F)(F)F)S(=O)(=O)N1CCCCC1. The molecule has 0 aromatic rings. The summed E-state index contributed by atoms with van der Waals surface area (Å²) in [5.41, 5.74) is 0. The molecule has 23 heavy (non-hydrogen) atoms. The van der Waals surface area contributed by atoms with Crippen LogP contribution in [0.5, 0.6) is 0 Å². The van der Waals surface area contributed by atoms with E-state index >= 15 is 0 Å². The normalized spacial score (nSPS) is 19.8. The van der Waals surface area contributed by atoms with E-state index in [4.69, 9.17) is 4.55 Å². The van der Waals surface area contributed by atoms with E-state index in [1.165, 1.54) is 0 Å². The number of nitrogens with zero attached hydrogens (tertiary/aromatic N) is 1. The van der Waals surface area contributed by atoms with Gasteiger partial charge in [-0.1, -0.05) is 6.42 Å². The fourth-order valence-electron chi connectivity index (χ4n) is 2.27. The van der Waals surface area contributed by atoms with Crippen molar-refractivity contribution in [3.8, 4) is 0 Å². The zero-order valence-electron chi connectivity index (χ0n) is 11.4. The van der Waals surface area contributed by atoms with E-state index in [-0.39, 0.29) is 17.1 Å². The Kier molecular flexibility index (Phi) is 5.37. The van der Waals surface area contributed by atoms with Crippen molar-refractivity contribution in [1.82, 2.24) is 4.31 Å². The maximum Gasteiger partial charge on any atom is 0.419 e. The molecule has 14 heteroatoms. The summed E-state index contributed by atoms with van der Waals surface area (Å²) in [5, 5.41) is 0. The molecule has 1 N–H and O–H groups in total. The number of piperidine rings is 1. The predicted molar refractivity (Wildman–Crippen MR) is 65.6 cm³/mol. The molecule has 0 aliphatic carbocycles. The van der Waals surface area contributed by atoms with Crippen molar-refractivity contribution in [3.63, 3.8) is 0 Å². The molecule has 0 spiro atoms. The van der Waals surface area contributed by atoms with E-state index in [2.05, 4.69) is 0 Å². The monoisotopic (exact) mass is 393 g/mol. The molecule has 0 aromatic carbocycles. The number of hydrogen-bond donors (Lipinski definition) is 1. The van der Waals surface area contributed by atoms with E-state index in [9.17, 15) is 43.2 Å². The van der Waals surface area contributed by atoms with Crippen LogP contribution in [0.25, 0.3) is 0 Å². The fraction of sp³-hybridized carbons (Fsp3) is 1.00. The third-order valence-electron chi connectivity index (χ3n) is 3.40. The first-order chi connectivity index (χ1) is 10.1. The van der Waals surface area contributed by atoms with Gasteiger partial charge < -0.3 is 0 Å². The third kappa shape index (κ3) is 3.74. The molecule has 1 aliphatic heterocycles. The molecule has 0 radical (unpaired) electrons. The minimum absolute atomic E-state index is 0.0251. The van der Waals surface area contributed by atoms with Crippen LogP contribution in [-0.2, 0) is 20.1 Å². The Hall–Kier alpha value is -0.600. The minimum atomic E-state index is -6.50. The van der Waals surface area contributed by atoms with Crippen LogP contribution in [0.1, 0.15) is 19.3 Å². The maximum absolute atomic E-state index is 13.2. The fourth-order valence-corrected chi connectivity index (χ4v) is 5.92. The zero-order chi connectivity index (χ0) is 18.3. The molecule has 6 nitrogen and oxygen atoms in total. The highest BCUT2D eigenvalue weighted by Gasteiger charge is 2.80. The third-order valence-corrected chi connectivity index (χ3v) is 6.91. The van der Waals surface area contributed by atoms with Gasteiger partial charge in [-0.05, 0) is 12.8 Å². The van der Waals surface area contributed by atoms with Crippen molar-refractivity contribution >= 4 is 20.1 Å². The molecule has 1 rings (SSSR count). The Morgan fingerprint density at radius 2 is 1.22 bits per heavy atom. The van der Waals surface area contributed by atoms with Gasteiger partial charge in [0.15, 0.2) is 0 Å². The Balaban J connectivity index is 3.67. The number of halogens is 6. The second-order valence-electron chi connectivity index (χ2n) is 5.01. The van der Waals surface area contributed by atoms with Crippen LogP contribution < -0.4 is 0 Å². The highest BCUT2D eigenvalue weighted by Crippen LogP contribution is 2.50. The molecule has 0 saturated carbocycles. The average molecular weight is 393 g/mol. The molecular formula is C9H13F6NO5S2. The predicted octanol–water partition coefficient (Wildman–Crippen LogP) is 1.55. The molecule has 138 valence electrons. The molecule has 0 unspecified atom stereocenters. The zero-order valence-corrected chi connectivity index (χ0v) is 13.0. The van der Waals surface area contributed by atoms with Crippen LogP contribution in [0.15, 0.2) is 0 Å². The van der Waals surface area contributed by atoms with E-state index in [1.807, 2.05) is 0 Å². The van der Waals surface area contributed by atoms with Crippen molar-refractivity contribution in [2.75, 3.05) is 18.8 Å². The molecule has 0 atom stereocenters. The molecule has 0 amide bonds. The van der Waals surface area contributed by atoms with Crippen LogP contribution >= 0.6 is 0 Å². The van der Waals surface area contributed by atoms with Crippen molar-refractivity contribution in [2.24, 2.45) is 0 Å². The lowest BCUT2D eigenvalue weighted by atomic mass is 10.1. The molecule has 1 fully saturated rings. The minimum Gasteiger partial charge on any atom is -0.285 e. The van der Waals surface area contributed by atoms with Crippen LogP contribution in [0.4, 0.5) is 26.3 Å². The molecular weight excluding hydrogens is 380 g/mol. The van der Waals surface area contributed by atoms with E-state index in [0.29, 0.717) is 6.42 Å². The molecule has 1 aliphatic rings. The second-order valence-corrected chi connectivity index (χ2v) is 8.63. The molecule has 1 saturated heterocycles.